The number of hydrogen-bond acceptors (Lipinski definition) is 5. The van der Waals surface area contributed by atoms with Crippen molar-refractivity contribution in [1.82, 2.24) is 24.8 Å². The predicted octanol–water partition coefficient (Wildman–Crippen LogP) is 1.24. The molecule has 0 amide bonds. The van der Waals surface area contributed by atoms with Crippen molar-refractivity contribution in [2.24, 2.45) is 7.05 Å². The summed E-state index contributed by atoms with van der Waals surface area (Å²) in [6.07, 6.45) is 1.53. The number of nitrogens with zero attached hydrogens (tertiary/aromatic N) is 5. The first-order chi connectivity index (χ1) is 10.2. The highest BCUT2D eigenvalue weighted by Crippen LogP contribution is 2.18. The third kappa shape index (κ3) is 2.56. The highest BCUT2D eigenvalue weighted by atomic mass is 32.1. The third-order valence-corrected chi connectivity index (χ3v) is 3.95. The Morgan fingerprint density at radius 1 is 1.29 bits per heavy atom. The monoisotopic (exact) mass is 301 g/mol. The van der Waals surface area contributed by atoms with Crippen molar-refractivity contribution in [3.05, 3.63) is 52.4 Å². The van der Waals surface area contributed by atoms with Crippen LogP contribution in [-0.2, 0) is 13.6 Å². The van der Waals surface area contributed by atoms with Gasteiger partial charge in [0, 0.05) is 13.0 Å². The molecule has 0 aliphatic carbocycles. The van der Waals surface area contributed by atoms with Gasteiger partial charge in [-0.2, -0.15) is 17.7 Å². The topological polar surface area (TPSA) is 65.6 Å². The standard InChI is InChI=1S/C14H15N5OS/c1-18-13-12(7-15-18)14(20)19(17-16-13)8-11(9-21)10-5-3-2-4-6-10/h2-7,11,21H,8-9H2,1H3. The lowest BCUT2D eigenvalue weighted by atomic mass is 10.0. The summed E-state index contributed by atoms with van der Waals surface area (Å²) in [5.41, 5.74) is 1.46. The Hall–Kier alpha value is -2.15. The SMILES string of the molecule is Cn1ncc2c(=O)n(CC(CS)c3ccccc3)nnc21. The molecule has 1 unspecified atom stereocenters. The van der Waals surface area contributed by atoms with Crippen LogP contribution in [0.1, 0.15) is 11.5 Å². The summed E-state index contributed by atoms with van der Waals surface area (Å²) < 4.78 is 2.93. The van der Waals surface area contributed by atoms with Crippen molar-refractivity contribution in [2.75, 3.05) is 5.75 Å². The second kappa shape index (κ2) is 5.69. The summed E-state index contributed by atoms with van der Waals surface area (Å²) in [5.74, 6) is 0.735. The van der Waals surface area contributed by atoms with Crippen LogP contribution in [-0.4, -0.2) is 30.5 Å². The first-order valence-corrected chi connectivity index (χ1v) is 7.25. The number of fused-ring (bicyclic) bond motifs is 1. The average molecular weight is 301 g/mol. The number of thiol groups is 1. The maximum absolute atomic E-state index is 12.4. The molecule has 6 nitrogen and oxygen atoms in total. The summed E-state index contributed by atoms with van der Waals surface area (Å²) in [6, 6.07) is 9.98. The van der Waals surface area contributed by atoms with E-state index in [-0.39, 0.29) is 11.5 Å². The van der Waals surface area contributed by atoms with E-state index in [0.717, 1.165) is 5.56 Å². The summed E-state index contributed by atoms with van der Waals surface area (Å²) in [7, 11) is 1.74. The van der Waals surface area contributed by atoms with Crippen LogP contribution in [0.2, 0.25) is 0 Å². The minimum Gasteiger partial charge on any atom is -0.267 e. The molecule has 1 atom stereocenters. The highest BCUT2D eigenvalue weighted by Gasteiger charge is 2.15. The Balaban J connectivity index is 1.97. The summed E-state index contributed by atoms with van der Waals surface area (Å²) >= 11 is 4.39. The zero-order chi connectivity index (χ0) is 14.8. The molecule has 2 heterocycles. The van der Waals surface area contributed by atoms with Crippen molar-refractivity contribution in [1.29, 1.82) is 0 Å². The van der Waals surface area contributed by atoms with E-state index in [1.165, 1.54) is 10.9 Å². The van der Waals surface area contributed by atoms with Crippen LogP contribution in [0.5, 0.6) is 0 Å². The largest absolute Gasteiger partial charge is 0.280 e. The summed E-state index contributed by atoms with van der Waals surface area (Å²) in [6.45, 7) is 0.449. The number of benzene rings is 1. The van der Waals surface area contributed by atoms with Crippen LogP contribution in [0.3, 0.4) is 0 Å². The Kier molecular flexibility index (Phi) is 3.74. The molecule has 21 heavy (non-hydrogen) atoms. The molecule has 3 aromatic rings. The van der Waals surface area contributed by atoms with Gasteiger partial charge in [0.25, 0.3) is 5.56 Å². The highest BCUT2D eigenvalue weighted by molar-refractivity contribution is 7.80. The van der Waals surface area contributed by atoms with E-state index in [4.69, 9.17) is 0 Å². The van der Waals surface area contributed by atoms with E-state index in [1.807, 2.05) is 30.3 Å². The fourth-order valence-corrected chi connectivity index (χ4v) is 2.62. The van der Waals surface area contributed by atoms with E-state index < -0.39 is 0 Å². The van der Waals surface area contributed by atoms with E-state index in [9.17, 15) is 4.79 Å². The normalized spacial score (nSPS) is 12.7. The Morgan fingerprint density at radius 3 is 2.76 bits per heavy atom. The molecular formula is C14H15N5OS. The molecule has 0 aliphatic rings. The predicted molar refractivity (Wildman–Crippen MR) is 83.6 cm³/mol. The van der Waals surface area contributed by atoms with Gasteiger partial charge in [0.1, 0.15) is 5.39 Å². The molecule has 108 valence electrons. The first-order valence-electron chi connectivity index (χ1n) is 6.62. The fraction of sp³-hybridized carbons (Fsp3) is 0.286. The first kappa shape index (κ1) is 13.8. The third-order valence-electron chi connectivity index (χ3n) is 3.50. The molecule has 2 aromatic heterocycles. The number of hydrogen-bond donors (Lipinski definition) is 1. The van der Waals surface area contributed by atoms with Gasteiger partial charge in [-0.1, -0.05) is 35.5 Å². The molecule has 0 fully saturated rings. The van der Waals surface area contributed by atoms with Crippen LogP contribution in [0.4, 0.5) is 0 Å². The van der Waals surface area contributed by atoms with Crippen LogP contribution in [0.25, 0.3) is 11.0 Å². The van der Waals surface area contributed by atoms with Crippen molar-refractivity contribution in [3.63, 3.8) is 0 Å². The van der Waals surface area contributed by atoms with Crippen LogP contribution < -0.4 is 5.56 Å². The molecule has 0 radical (unpaired) electrons. The zero-order valence-electron chi connectivity index (χ0n) is 11.5. The second-order valence-corrected chi connectivity index (χ2v) is 5.24. The van der Waals surface area contributed by atoms with Gasteiger partial charge < -0.3 is 0 Å². The molecule has 3 rings (SSSR count). The van der Waals surface area contributed by atoms with Gasteiger partial charge >= 0.3 is 0 Å². The Labute approximate surface area is 126 Å². The van der Waals surface area contributed by atoms with Crippen LogP contribution in [0, 0.1) is 0 Å². The lowest BCUT2D eigenvalue weighted by Crippen LogP contribution is -2.27. The molecule has 1 aromatic carbocycles. The maximum Gasteiger partial charge on any atom is 0.280 e. The molecule has 0 saturated carbocycles. The fourth-order valence-electron chi connectivity index (χ4n) is 2.30. The van der Waals surface area contributed by atoms with Crippen molar-refractivity contribution in [2.45, 2.75) is 12.5 Å². The molecule has 0 N–H and O–H groups in total. The zero-order valence-corrected chi connectivity index (χ0v) is 12.4. The van der Waals surface area contributed by atoms with Crippen molar-refractivity contribution < 1.29 is 0 Å². The number of aromatic nitrogens is 5. The van der Waals surface area contributed by atoms with E-state index in [0.29, 0.717) is 23.3 Å². The molecular weight excluding hydrogens is 286 g/mol. The Bertz CT molecular complexity index is 811. The summed E-state index contributed by atoms with van der Waals surface area (Å²) in [4.78, 5) is 12.4. The number of rotatable bonds is 4. The molecule has 0 aliphatic heterocycles. The quantitative estimate of drug-likeness (QED) is 0.736. The van der Waals surface area contributed by atoms with Crippen LogP contribution >= 0.6 is 12.6 Å². The number of aryl methyl sites for hydroxylation is 1. The summed E-state index contributed by atoms with van der Waals surface area (Å²) in [5, 5.41) is 12.6. The molecule has 7 heteroatoms. The second-order valence-electron chi connectivity index (χ2n) is 4.87. The van der Waals surface area contributed by atoms with Gasteiger partial charge in [-0.3, -0.25) is 4.79 Å². The lowest BCUT2D eigenvalue weighted by molar-refractivity contribution is 0.500. The molecule has 0 saturated heterocycles. The average Bonchev–Trinajstić information content (AvgIpc) is 2.90. The van der Waals surface area contributed by atoms with Gasteiger partial charge in [-0.05, 0) is 11.3 Å². The van der Waals surface area contributed by atoms with E-state index in [1.54, 1.807) is 11.7 Å². The van der Waals surface area contributed by atoms with Gasteiger partial charge in [-0.25, -0.2) is 9.36 Å². The van der Waals surface area contributed by atoms with E-state index in [2.05, 4.69) is 28.0 Å². The van der Waals surface area contributed by atoms with Crippen molar-refractivity contribution >= 4 is 23.7 Å². The molecule has 0 spiro atoms. The Morgan fingerprint density at radius 2 is 2.05 bits per heavy atom. The van der Waals surface area contributed by atoms with Gasteiger partial charge in [0.2, 0.25) is 0 Å². The van der Waals surface area contributed by atoms with E-state index >= 15 is 0 Å². The van der Waals surface area contributed by atoms with Gasteiger partial charge in [-0.15, -0.1) is 5.10 Å². The smallest absolute Gasteiger partial charge is 0.267 e. The van der Waals surface area contributed by atoms with Gasteiger partial charge in [0.15, 0.2) is 5.65 Å². The molecule has 0 bridgehead atoms. The minimum absolute atomic E-state index is 0.107. The minimum atomic E-state index is -0.171. The van der Waals surface area contributed by atoms with Crippen LogP contribution in [0.15, 0.2) is 41.3 Å². The van der Waals surface area contributed by atoms with Crippen molar-refractivity contribution in [3.8, 4) is 0 Å². The maximum atomic E-state index is 12.4. The van der Waals surface area contributed by atoms with Gasteiger partial charge in [0.05, 0.1) is 12.7 Å². The lowest BCUT2D eigenvalue weighted by Gasteiger charge is -2.15.